The Kier molecular flexibility index (Phi) is 5.46. The Morgan fingerprint density at radius 1 is 1.17 bits per heavy atom. The van der Waals surface area contributed by atoms with Gasteiger partial charge in [-0.3, -0.25) is 14.6 Å². The summed E-state index contributed by atoms with van der Waals surface area (Å²) in [5.41, 5.74) is 1.32. The summed E-state index contributed by atoms with van der Waals surface area (Å²) < 4.78 is 10.4. The number of methoxy groups -OCH3 is 2. The molecule has 0 bridgehead atoms. The number of amides is 1. The van der Waals surface area contributed by atoms with Gasteiger partial charge in [-0.2, -0.15) is 0 Å². The van der Waals surface area contributed by atoms with Crippen molar-refractivity contribution in [3.05, 3.63) is 53.9 Å². The van der Waals surface area contributed by atoms with Gasteiger partial charge in [0.15, 0.2) is 17.8 Å². The lowest BCUT2D eigenvalue weighted by Gasteiger charge is -2.07. The topological polar surface area (TPSA) is 77.5 Å². The van der Waals surface area contributed by atoms with Crippen LogP contribution in [0.1, 0.15) is 16.1 Å². The van der Waals surface area contributed by atoms with Crippen LogP contribution < -0.4 is 14.8 Å². The average molecular weight is 312 g/mol. The smallest absolute Gasteiger partial charge is 0.248 e. The molecule has 1 aromatic carbocycles. The molecule has 0 atom stereocenters. The quantitative estimate of drug-likeness (QED) is 0.655. The molecule has 2 rings (SSSR count). The van der Waals surface area contributed by atoms with Crippen LogP contribution in [-0.4, -0.2) is 31.4 Å². The molecule has 6 heteroatoms. The summed E-state index contributed by atoms with van der Waals surface area (Å²) in [6.45, 7) is 0. The summed E-state index contributed by atoms with van der Waals surface area (Å²) in [4.78, 5) is 26.7. The lowest BCUT2D eigenvalue weighted by atomic mass is 10.2. The molecule has 0 aliphatic rings. The molecule has 0 aliphatic carbocycles. The fourth-order valence-electron chi connectivity index (χ4n) is 1.92. The minimum atomic E-state index is -0.365. The fraction of sp³-hybridized carbons (Fsp3) is 0.118. The molecule has 1 aromatic heterocycles. The van der Waals surface area contributed by atoms with Gasteiger partial charge in [0.1, 0.15) is 5.69 Å². The maximum atomic E-state index is 11.9. The van der Waals surface area contributed by atoms with Gasteiger partial charge < -0.3 is 14.8 Å². The van der Waals surface area contributed by atoms with E-state index < -0.39 is 0 Å². The van der Waals surface area contributed by atoms with Crippen molar-refractivity contribution >= 4 is 24.0 Å². The average Bonchev–Trinajstić information content (AvgIpc) is 2.60. The van der Waals surface area contributed by atoms with Crippen LogP contribution >= 0.6 is 0 Å². The van der Waals surface area contributed by atoms with Gasteiger partial charge in [-0.25, -0.2) is 0 Å². The van der Waals surface area contributed by atoms with Crippen molar-refractivity contribution < 1.29 is 19.1 Å². The second-order valence-electron chi connectivity index (χ2n) is 4.49. The number of rotatable bonds is 6. The largest absolute Gasteiger partial charge is 0.493 e. The molecule has 2 aromatic rings. The Morgan fingerprint density at radius 3 is 2.65 bits per heavy atom. The number of aromatic nitrogens is 1. The van der Waals surface area contributed by atoms with Crippen LogP contribution in [0.2, 0.25) is 0 Å². The van der Waals surface area contributed by atoms with Gasteiger partial charge in [-0.05, 0) is 35.9 Å². The molecule has 1 amide bonds. The highest BCUT2D eigenvalue weighted by Gasteiger charge is 2.05. The van der Waals surface area contributed by atoms with Gasteiger partial charge in [0.25, 0.3) is 0 Å². The van der Waals surface area contributed by atoms with E-state index in [1.807, 2.05) is 0 Å². The highest BCUT2D eigenvalue weighted by atomic mass is 16.5. The minimum Gasteiger partial charge on any atom is -0.493 e. The molecule has 0 aliphatic heterocycles. The summed E-state index contributed by atoms with van der Waals surface area (Å²) in [6.07, 6.45) is 5.07. The molecule has 1 N–H and O–H groups in total. The summed E-state index contributed by atoms with van der Waals surface area (Å²) in [7, 11) is 3.10. The Morgan fingerprint density at radius 2 is 1.96 bits per heavy atom. The third-order valence-corrected chi connectivity index (χ3v) is 3.04. The van der Waals surface area contributed by atoms with Gasteiger partial charge in [-0.15, -0.1) is 0 Å². The van der Waals surface area contributed by atoms with Crippen LogP contribution in [0.3, 0.4) is 0 Å². The highest BCUT2D eigenvalue weighted by molar-refractivity contribution is 6.03. The first-order valence-corrected chi connectivity index (χ1v) is 6.79. The van der Waals surface area contributed by atoms with Crippen molar-refractivity contribution in [3.8, 4) is 11.5 Å². The number of nitrogens with zero attached hydrogens (tertiary/aromatic N) is 1. The lowest BCUT2D eigenvalue weighted by Crippen LogP contribution is -2.10. The predicted octanol–water partition coefficient (Wildman–Crippen LogP) is 2.56. The first-order chi connectivity index (χ1) is 11.2. The van der Waals surface area contributed by atoms with Crippen LogP contribution in [0, 0.1) is 0 Å². The van der Waals surface area contributed by atoms with Crippen molar-refractivity contribution in [2.45, 2.75) is 0 Å². The van der Waals surface area contributed by atoms with Gasteiger partial charge in [-0.1, -0.05) is 6.07 Å². The van der Waals surface area contributed by atoms with Crippen LogP contribution in [0.25, 0.3) is 6.08 Å². The van der Waals surface area contributed by atoms with E-state index in [1.54, 1.807) is 50.6 Å². The third kappa shape index (κ3) is 4.16. The lowest BCUT2D eigenvalue weighted by molar-refractivity contribution is -0.111. The van der Waals surface area contributed by atoms with Crippen molar-refractivity contribution in [2.75, 3.05) is 19.5 Å². The van der Waals surface area contributed by atoms with Crippen LogP contribution in [0.4, 0.5) is 5.69 Å². The van der Waals surface area contributed by atoms with E-state index in [1.165, 1.54) is 12.3 Å². The molecule has 0 saturated carbocycles. The molecule has 1 heterocycles. The summed E-state index contributed by atoms with van der Waals surface area (Å²) in [5.74, 6) is 0.821. The van der Waals surface area contributed by atoms with Gasteiger partial charge in [0, 0.05) is 12.3 Å². The zero-order chi connectivity index (χ0) is 16.7. The van der Waals surface area contributed by atoms with Gasteiger partial charge >= 0.3 is 0 Å². The molecule has 0 spiro atoms. The van der Waals surface area contributed by atoms with E-state index in [0.29, 0.717) is 23.5 Å². The molecule has 6 nitrogen and oxygen atoms in total. The van der Waals surface area contributed by atoms with E-state index in [4.69, 9.17) is 9.47 Å². The number of hydrogen-bond acceptors (Lipinski definition) is 5. The maximum absolute atomic E-state index is 11.9. The van der Waals surface area contributed by atoms with Crippen LogP contribution in [0.5, 0.6) is 11.5 Å². The molecule has 0 unspecified atom stereocenters. The molecule has 0 radical (unpaired) electrons. The molecular weight excluding hydrogens is 296 g/mol. The Bertz CT molecular complexity index is 741. The summed E-state index contributed by atoms with van der Waals surface area (Å²) in [6, 6.07) is 8.55. The Balaban J connectivity index is 2.10. The zero-order valence-electron chi connectivity index (χ0n) is 12.8. The first-order valence-electron chi connectivity index (χ1n) is 6.79. The van der Waals surface area contributed by atoms with Gasteiger partial charge in [0.05, 0.1) is 19.9 Å². The fourth-order valence-corrected chi connectivity index (χ4v) is 1.92. The molecule has 23 heavy (non-hydrogen) atoms. The molecule has 118 valence electrons. The van der Waals surface area contributed by atoms with E-state index in [-0.39, 0.29) is 11.6 Å². The molecule has 0 saturated heterocycles. The van der Waals surface area contributed by atoms with E-state index in [9.17, 15) is 9.59 Å². The van der Waals surface area contributed by atoms with Crippen LogP contribution in [-0.2, 0) is 4.79 Å². The predicted molar refractivity (Wildman–Crippen MR) is 86.8 cm³/mol. The zero-order valence-corrected chi connectivity index (χ0v) is 12.8. The number of benzene rings is 1. The molecule has 0 fully saturated rings. The number of nitrogens with one attached hydrogen (secondary N) is 1. The number of carbonyl (C=O) groups is 2. The third-order valence-electron chi connectivity index (χ3n) is 3.04. The maximum Gasteiger partial charge on any atom is 0.248 e. The SMILES string of the molecule is COc1ccc(/C=C/C(=O)Nc2cccnc2C=O)cc1OC. The second-order valence-corrected chi connectivity index (χ2v) is 4.49. The second kappa shape index (κ2) is 7.74. The minimum absolute atomic E-state index is 0.181. The first kappa shape index (κ1) is 16.2. The Hall–Kier alpha value is -3.15. The number of ether oxygens (including phenoxy) is 2. The number of anilines is 1. The normalized spacial score (nSPS) is 10.3. The number of aldehydes is 1. The number of hydrogen-bond donors (Lipinski definition) is 1. The summed E-state index contributed by atoms with van der Waals surface area (Å²) in [5, 5.41) is 2.61. The molecular formula is C17H16N2O4. The van der Waals surface area contributed by atoms with E-state index in [0.717, 1.165) is 5.56 Å². The Labute approximate surface area is 133 Å². The number of carbonyl (C=O) groups excluding carboxylic acids is 2. The van der Waals surface area contributed by atoms with E-state index >= 15 is 0 Å². The van der Waals surface area contributed by atoms with E-state index in [2.05, 4.69) is 10.3 Å². The van der Waals surface area contributed by atoms with Crippen molar-refractivity contribution in [1.82, 2.24) is 4.98 Å². The van der Waals surface area contributed by atoms with Crippen molar-refractivity contribution in [2.24, 2.45) is 0 Å². The monoisotopic (exact) mass is 312 g/mol. The van der Waals surface area contributed by atoms with Crippen molar-refractivity contribution in [3.63, 3.8) is 0 Å². The van der Waals surface area contributed by atoms with Crippen LogP contribution in [0.15, 0.2) is 42.6 Å². The van der Waals surface area contributed by atoms with Gasteiger partial charge in [0.2, 0.25) is 5.91 Å². The number of pyridine rings is 1. The standard InChI is InChI=1S/C17H16N2O4/c1-22-15-7-5-12(10-16(15)23-2)6-8-17(21)19-13-4-3-9-18-14(13)11-20/h3-11H,1-2H3,(H,19,21)/b8-6+. The van der Waals surface area contributed by atoms with Crippen molar-refractivity contribution in [1.29, 1.82) is 0 Å². The summed E-state index contributed by atoms with van der Waals surface area (Å²) >= 11 is 0. The highest BCUT2D eigenvalue weighted by Crippen LogP contribution is 2.27.